The fourth-order valence-electron chi connectivity index (χ4n) is 4.12. The number of rotatable bonds is 3. The highest BCUT2D eigenvalue weighted by Crippen LogP contribution is 2.31. The molecule has 1 fully saturated rings. The Kier molecular flexibility index (Phi) is 4.77. The highest BCUT2D eigenvalue weighted by Gasteiger charge is 2.31. The molecule has 1 amide bonds. The minimum atomic E-state index is -0.754. The van der Waals surface area contributed by atoms with Gasteiger partial charge in [0.15, 0.2) is 11.5 Å². The molecule has 158 valence electrons. The standard InChI is InChI=1S/C23H20F2N4O2/c1-28-13-17(21(27-28)16-9-8-15(24)11-18(16)25)23(30)29-10-4-5-14(12-29)22-26-19-6-2-3-7-20(19)31-22/h2-3,6-9,11,13-14H,4-5,10,12H2,1H3. The van der Waals surface area contributed by atoms with Crippen LogP contribution in [0.1, 0.15) is 35.0 Å². The molecule has 0 bridgehead atoms. The van der Waals surface area contributed by atoms with Crippen molar-refractivity contribution in [3.63, 3.8) is 0 Å². The van der Waals surface area contributed by atoms with Crippen molar-refractivity contribution in [1.29, 1.82) is 0 Å². The summed E-state index contributed by atoms with van der Waals surface area (Å²) in [5, 5.41) is 4.27. The van der Waals surface area contributed by atoms with Crippen LogP contribution in [0.5, 0.6) is 0 Å². The molecule has 0 N–H and O–H groups in total. The molecule has 2 aromatic heterocycles. The number of hydrogen-bond donors (Lipinski definition) is 0. The SMILES string of the molecule is Cn1cc(C(=O)N2CCCC(c3nc4ccccc4o3)C2)c(-c2ccc(F)cc2F)n1. The fraction of sp³-hybridized carbons (Fsp3) is 0.261. The Bertz CT molecular complexity index is 1250. The van der Waals surface area contributed by atoms with Gasteiger partial charge in [-0.15, -0.1) is 0 Å². The Morgan fingerprint density at radius 3 is 2.84 bits per heavy atom. The Morgan fingerprint density at radius 2 is 2.03 bits per heavy atom. The number of piperidine rings is 1. The molecule has 1 atom stereocenters. The number of aromatic nitrogens is 3. The highest BCUT2D eigenvalue weighted by atomic mass is 19.1. The van der Waals surface area contributed by atoms with Gasteiger partial charge in [0.25, 0.3) is 5.91 Å². The van der Waals surface area contributed by atoms with Crippen molar-refractivity contribution in [1.82, 2.24) is 19.7 Å². The van der Waals surface area contributed by atoms with Gasteiger partial charge in [-0.1, -0.05) is 12.1 Å². The van der Waals surface area contributed by atoms with Gasteiger partial charge in [0.1, 0.15) is 22.8 Å². The van der Waals surface area contributed by atoms with E-state index in [2.05, 4.69) is 10.1 Å². The second-order valence-corrected chi connectivity index (χ2v) is 7.80. The summed E-state index contributed by atoms with van der Waals surface area (Å²) < 4.78 is 35.1. The van der Waals surface area contributed by atoms with Crippen molar-refractivity contribution in [3.05, 3.63) is 71.8 Å². The number of amides is 1. The van der Waals surface area contributed by atoms with E-state index in [4.69, 9.17) is 4.42 Å². The van der Waals surface area contributed by atoms with Crippen molar-refractivity contribution in [3.8, 4) is 11.3 Å². The van der Waals surface area contributed by atoms with E-state index in [0.717, 1.165) is 36.1 Å². The summed E-state index contributed by atoms with van der Waals surface area (Å²) in [5.74, 6) is -1.08. The van der Waals surface area contributed by atoms with Gasteiger partial charge in [-0.25, -0.2) is 13.8 Å². The van der Waals surface area contributed by atoms with Gasteiger partial charge >= 0.3 is 0 Å². The van der Waals surface area contributed by atoms with E-state index in [0.29, 0.717) is 19.0 Å². The van der Waals surface area contributed by atoms with E-state index in [-0.39, 0.29) is 28.6 Å². The monoisotopic (exact) mass is 422 g/mol. The largest absolute Gasteiger partial charge is 0.440 e. The third kappa shape index (κ3) is 3.58. The lowest BCUT2D eigenvalue weighted by Crippen LogP contribution is -2.39. The number of oxazole rings is 1. The third-order valence-corrected chi connectivity index (χ3v) is 5.61. The van der Waals surface area contributed by atoms with Crippen molar-refractivity contribution >= 4 is 17.0 Å². The molecule has 0 spiro atoms. The van der Waals surface area contributed by atoms with Gasteiger partial charge in [0, 0.05) is 38.0 Å². The fourth-order valence-corrected chi connectivity index (χ4v) is 4.12. The maximum Gasteiger partial charge on any atom is 0.257 e. The zero-order valence-electron chi connectivity index (χ0n) is 16.9. The molecule has 1 unspecified atom stereocenters. The Hall–Kier alpha value is -3.55. The lowest BCUT2D eigenvalue weighted by molar-refractivity contribution is 0.0699. The van der Waals surface area contributed by atoms with Crippen LogP contribution in [-0.2, 0) is 7.05 Å². The smallest absolute Gasteiger partial charge is 0.257 e. The van der Waals surface area contributed by atoms with E-state index in [1.54, 1.807) is 18.1 Å². The van der Waals surface area contributed by atoms with Gasteiger partial charge in [-0.2, -0.15) is 5.10 Å². The predicted molar refractivity (Wildman–Crippen MR) is 110 cm³/mol. The van der Waals surface area contributed by atoms with Gasteiger partial charge in [-0.05, 0) is 37.1 Å². The van der Waals surface area contributed by atoms with Gasteiger partial charge in [-0.3, -0.25) is 9.48 Å². The van der Waals surface area contributed by atoms with Crippen LogP contribution in [0.25, 0.3) is 22.4 Å². The van der Waals surface area contributed by atoms with Crippen molar-refractivity contribution in [2.45, 2.75) is 18.8 Å². The number of likely N-dealkylation sites (tertiary alicyclic amines) is 1. The van der Waals surface area contributed by atoms with E-state index in [1.165, 1.54) is 10.7 Å². The Morgan fingerprint density at radius 1 is 1.19 bits per heavy atom. The lowest BCUT2D eigenvalue weighted by Gasteiger charge is -2.31. The van der Waals surface area contributed by atoms with Crippen LogP contribution >= 0.6 is 0 Å². The molecule has 8 heteroatoms. The summed E-state index contributed by atoms with van der Waals surface area (Å²) in [6.45, 7) is 1.03. The van der Waals surface area contributed by atoms with Crippen LogP contribution < -0.4 is 0 Å². The molecular weight excluding hydrogens is 402 g/mol. The molecule has 1 saturated heterocycles. The molecule has 1 aliphatic heterocycles. The maximum atomic E-state index is 14.4. The number of benzene rings is 2. The zero-order chi connectivity index (χ0) is 21.5. The average molecular weight is 422 g/mol. The van der Waals surface area contributed by atoms with E-state index in [1.807, 2.05) is 24.3 Å². The molecule has 0 radical (unpaired) electrons. The third-order valence-electron chi connectivity index (χ3n) is 5.61. The summed E-state index contributed by atoms with van der Waals surface area (Å²) in [6, 6.07) is 10.8. The summed E-state index contributed by atoms with van der Waals surface area (Å²) in [7, 11) is 1.67. The minimum Gasteiger partial charge on any atom is -0.440 e. The summed E-state index contributed by atoms with van der Waals surface area (Å²) in [4.78, 5) is 19.7. The number of carbonyl (C=O) groups is 1. The van der Waals surface area contributed by atoms with Crippen molar-refractivity contribution in [2.75, 3.05) is 13.1 Å². The summed E-state index contributed by atoms with van der Waals surface area (Å²) in [5.41, 5.74) is 2.10. The summed E-state index contributed by atoms with van der Waals surface area (Å²) in [6.07, 6.45) is 3.24. The van der Waals surface area contributed by atoms with Crippen LogP contribution in [0, 0.1) is 11.6 Å². The van der Waals surface area contributed by atoms with Crippen LogP contribution in [0.2, 0.25) is 0 Å². The molecule has 6 nitrogen and oxygen atoms in total. The van der Waals surface area contributed by atoms with E-state index < -0.39 is 11.6 Å². The second-order valence-electron chi connectivity index (χ2n) is 7.80. The second kappa shape index (κ2) is 7.61. The molecule has 31 heavy (non-hydrogen) atoms. The average Bonchev–Trinajstić information content (AvgIpc) is 3.37. The Labute approximate surface area is 177 Å². The van der Waals surface area contributed by atoms with Gasteiger partial charge in [0.2, 0.25) is 0 Å². The topological polar surface area (TPSA) is 64.2 Å². The van der Waals surface area contributed by atoms with Crippen LogP contribution in [0.3, 0.4) is 0 Å². The number of hydrogen-bond acceptors (Lipinski definition) is 4. The zero-order valence-corrected chi connectivity index (χ0v) is 16.9. The van der Waals surface area contributed by atoms with Gasteiger partial charge in [0.05, 0.1) is 11.5 Å². The number of para-hydroxylation sites is 2. The highest BCUT2D eigenvalue weighted by molar-refractivity contribution is 6.00. The van der Waals surface area contributed by atoms with Crippen LogP contribution in [0.15, 0.2) is 53.1 Å². The molecule has 4 aromatic rings. The number of nitrogens with zero attached hydrogens (tertiary/aromatic N) is 4. The van der Waals surface area contributed by atoms with E-state index >= 15 is 0 Å². The molecule has 0 saturated carbocycles. The first-order valence-corrected chi connectivity index (χ1v) is 10.1. The maximum absolute atomic E-state index is 14.4. The van der Waals surface area contributed by atoms with Crippen LogP contribution in [0.4, 0.5) is 8.78 Å². The Balaban J connectivity index is 1.44. The van der Waals surface area contributed by atoms with Gasteiger partial charge < -0.3 is 9.32 Å². The first-order valence-electron chi connectivity index (χ1n) is 10.1. The van der Waals surface area contributed by atoms with Crippen molar-refractivity contribution in [2.24, 2.45) is 7.05 Å². The molecule has 0 aliphatic carbocycles. The first kappa shape index (κ1) is 19.4. The minimum absolute atomic E-state index is 0.0206. The molecule has 5 rings (SSSR count). The number of aryl methyl sites for hydroxylation is 1. The van der Waals surface area contributed by atoms with Crippen molar-refractivity contribution < 1.29 is 18.0 Å². The molecule has 1 aliphatic rings. The quantitative estimate of drug-likeness (QED) is 0.487. The van der Waals surface area contributed by atoms with E-state index in [9.17, 15) is 13.6 Å². The normalized spacial score (nSPS) is 16.7. The number of halogens is 2. The van der Waals surface area contributed by atoms with Crippen LogP contribution in [-0.4, -0.2) is 38.7 Å². The number of carbonyl (C=O) groups excluding carboxylic acids is 1. The molecular formula is C23H20F2N4O2. The number of fused-ring (bicyclic) bond motifs is 1. The lowest BCUT2D eigenvalue weighted by atomic mass is 9.97. The predicted octanol–water partition coefficient (Wildman–Crippen LogP) is 4.53. The summed E-state index contributed by atoms with van der Waals surface area (Å²) >= 11 is 0. The molecule has 3 heterocycles. The first-order chi connectivity index (χ1) is 15.0. The molecule has 2 aromatic carbocycles.